The lowest BCUT2D eigenvalue weighted by molar-refractivity contribution is -0.141. The molecule has 0 aliphatic rings. The van der Waals surface area contributed by atoms with Crippen molar-refractivity contribution < 1.29 is 13.9 Å². The molecule has 0 bridgehead atoms. The van der Waals surface area contributed by atoms with E-state index in [1.165, 1.54) is 13.4 Å². The van der Waals surface area contributed by atoms with E-state index in [0.717, 1.165) is 4.47 Å². The number of hydrogen-bond donors (Lipinski definition) is 1. The van der Waals surface area contributed by atoms with Crippen molar-refractivity contribution in [3.8, 4) is 0 Å². The van der Waals surface area contributed by atoms with Gasteiger partial charge in [0.2, 0.25) is 0 Å². The summed E-state index contributed by atoms with van der Waals surface area (Å²) in [5.41, 5.74) is 5.69. The molecule has 72 valence electrons. The molecule has 1 unspecified atom stereocenters. The molecule has 1 atom stereocenters. The molecule has 5 heteroatoms. The highest BCUT2D eigenvalue weighted by Gasteiger charge is 2.17. The van der Waals surface area contributed by atoms with E-state index in [4.69, 9.17) is 10.2 Å². The van der Waals surface area contributed by atoms with E-state index in [-0.39, 0.29) is 12.4 Å². The fourth-order valence-electron chi connectivity index (χ4n) is 0.926. The summed E-state index contributed by atoms with van der Waals surface area (Å²) in [5.74, 6) is 0.209. The Bertz CT molecular complexity index is 297. The number of methoxy groups -OCH3 is 1. The average Bonchev–Trinajstić information content (AvgIpc) is 2.51. The van der Waals surface area contributed by atoms with Gasteiger partial charge in [-0.15, -0.1) is 0 Å². The van der Waals surface area contributed by atoms with E-state index >= 15 is 0 Å². The average molecular weight is 248 g/mol. The van der Waals surface area contributed by atoms with Crippen LogP contribution < -0.4 is 5.73 Å². The molecule has 0 amide bonds. The van der Waals surface area contributed by atoms with E-state index in [2.05, 4.69) is 20.7 Å². The van der Waals surface area contributed by atoms with Crippen LogP contribution in [0.15, 0.2) is 21.2 Å². The number of rotatable bonds is 3. The molecule has 13 heavy (non-hydrogen) atoms. The van der Waals surface area contributed by atoms with Gasteiger partial charge in [-0.25, -0.2) is 0 Å². The van der Waals surface area contributed by atoms with Gasteiger partial charge in [0.15, 0.2) is 0 Å². The Morgan fingerprint density at radius 2 is 2.54 bits per heavy atom. The third kappa shape index (κ3) is 2.57. The van der Waals surface area contributed by atoms with Gasteiger partial charge < -0.3 is 14.9 Å². The molecule has 2 N–H and O–H groups in total. The lowest BCUT2D eigenvalue weighted by Crippen LogP contribution is -2.15. The lowest BCUT2D eigenvalue weighted by atomic mass is 10.2. The standard InChI is InChI=1S/C8H10BrNO3/c1-12-7(11)4-6(10)8-5(9)2-3-13-8/h2-3,6H,4,10H2,1H3. The minimum atomic E-state index is -0.461. The van der Waals surface area contributed by atoms with Crippen LogP contribution in [0.1, 0.15) is 18.2 Å². The van der Waals surface area contributed by atoms with E-state index in [1.54, 1.807) is 6.07 Å². The van der Waals surface area contributed by atoms with E-state index < -0.39 is 6.04 Å². The SMILES string of the molecule is COC(=O)CC(N)c1occc1Br. The normalized spacial score (nSPS) is 12.5. The maximum Gasteiger partial charge on any atom is 0.307 e. The molecular formula is C8H10BrNO3. The number of halogens is 1. The Balaban J connectivity index is 2.63. The summed E-state index contributed by atoms with van der Waals surface area (Å²) in [4.78, 5) is 10.9. The predicted octanol–water partition coefficient (Wildman–Crippen LogP) is 1.60. The second-order valence-corrected chi connectivity index (χ2v) is 3.37. The lowest BCUT2D eigenvalue weighted by Gasteiger charge is -2.07. The van der Waals surface area contributed by atoms with Crippen LogP contribution in [-0.4, -0.2) is 13.1 Å². The predicted molar refractivity (Wildman–Crippen MR) is 50.0 cm³/mol. The summed E-state index contributed by atoms with van der Waals surface area (Å²) >= 11 is 3.25. The number of carbonyl (C=O) groups excluding carboxylic acids is 1. The highest BCUT2D eigenvalue weighted by Crippen LogP contribution is 2.24. The molecule has 0 saturated carbocycles. The Morgan fingerprint density at radius 3 is 3.00 bits per heavy atom. The summed E-state index contributed by atoms with van der Waals surface area (Å²) in [7, 11) is 1.33. The first-order chi connectivity index (χ1) is 6.15. The zero-order valence-corrected chi connectivity index (χ0v) is 8.71. The summed E-state index contributed by atoms with van der Waals surface area (Å²) < 4.78 is 10.3. The van der Waals surface area contributed by atoms with Crippen LogP contribution in [0.4, 0.5) is 0 Å². The fourth-order valence-corrected chi connectivity index (χ4v) is 1.42. The van der Waals surface area contributed by atoms with Gasteiger partial charge in [0.1, 0.15) is 5.76 Å². The van der Waals surface area contributed by atoms with Crippen molar-refractivity contribution in [2.24, 2.45) is 5.73 Å². The summed E-state index contributed by atoms with van der Waals surface area (Å²) in [5, 5.41) is 0. The molecule has 0 aromatic carbocycles. The van der Waals surface area contributed by atoms with Crippen LogP contribution in [0.25, 0.3) is 0 Å². The van der Waals surface area contributed by atoms with Gasteiger partial charge in [-0.05, 0) is 22.0 Å². The van der Waals surface area contributed by atoms with Crippen LogP contribution in [0.2, 0.25) is 0 Å². The zero-order chi connectivity index (χ0) is 9.84. The van der Waals surface area contributed by atoms with Crippen molar-refractivity contribution in [3.63, 3.8) is 0 Å². The third-order valence-electron chi connectivity index (χ3n) is 1.60. The van der Waals surface area contributed by atoms with Gasteiger partial charge in [-0.3, -0.25) is 4.79 Å². The molecule has 0 saturated heterocycles. The number of carbonyl (C=O) groups is 1. The topological polar surface area (TPSA) is 65.5 Å². The number of furan rings is 1. The zero-order valence-electron chi connectivity index (χ0n) is 7.12. The van der Waals surface area contributed by atoms with Crippen LogP contribution in [0.5, 0.6) is 0 Å². The molecule has 0 fully saturated rings. The van der Waals surface area contributed by atoms with Crippen molar-refractivity contribution in [2.45, 2.75) is 12.5 Å². The molecule has 1 rings (SSSR count). The number of nitrogens with two attached hydrogens (primary N) is 1. The highest BCUT2D eigenvalue weighted by molar-refractivity contribution is 9.10. The first-order valence-electron chi connectivity index (χ1n) is 3.70. The monoisotopic (exact) mass is 247 g/mol. The quantitative estimate of drug-likeness (QED) is 0.825. The largest absolute Gasteiger partial charge is 0.469 e. The van der Waals surface area contributed by atoms with Gasteiger partial charge >= 0.3 is 5.97 Å². The number of ether oxygens (including phenoxy) is 1. The number of esters is 1. The molecule has 1 aromatic rings. The molecule has 0 aliphatic carbocycles. The second-order valence-electron chi connectivity index (χ2n) is 2.52. The Kier molecular flexibility index (Phi) is 3.50. The summed E-state index contributed by atoms with van der Waals surface area (Å²) in [6.07, 6.45) is 1.62. The Hall–Kier alpha value is -0.810. The van der Waals surface area contributed by atoms with Crippen molar-refractivity contribution in [2.75, 3.05) is 7.11 Å². The first-order valence-corrected chi connectivity index (χ1v) is 4.49. The van der Waals surface area contributed by atoms with Crippen molar-refractivity contribution in [3.05, 3.63) is 22.6 Å². The molecule has 0 spiro atoms. The van der Waals surface area contributed by atoms with Gasteiger partial charge in [-0.2, -0.15) is 0 Å². The van der Waals surface area contributed by atoms with Gasteiger partial charge in [0.05, 0.1) is 30.3 Å². The van der Waals surface area contributed by atoms with E-state index in [1.807, 2.05) is 0 Å². The minimum Gasteiger partial charge on any atom is -0.469 e. The molecule has 1 aromatic heterocycles. The summed E-state index contributed by atoms with van der Waals surface area (Å²) in [6.45, 7) is 0. The maximum atomic E-state index is 10.9. The van der Waals surface area contributed by atoms with Crippen LogP contribution in [-0.2, 0) is 9.53 Å². The van der Waals surface area contributed by atoms with Gasteiger partial charge in [0, 0.05) is 0 Å². The number of hydrogen-bond acceptors (Lipinski definition) is 4. The minimum absolute atomic E-state index is 0.114. The maximum absolute atomic E-state index is 10.9. The molecule has 1 heterocycles. The molecule has 0 radical (unpaired) electrons. The molecule has 4 nitrogen and oxygen atoms in total. The fraction of sp³-hybridized carbons (Fsp3) is 0.375. The third-order valence-corrected chi connectivity index (χ3v) is 2.25. The Labute approximate surface area is 84.2 Å². The van der Waals surface area contributed by atoms with Crippen LogP contribution in [0.3, 0.4) is 0 Å². The summed E-state index contributed by atoms with van der Waals surface area (Å²) in [6, 6.07) is 1.27. The van der Waals surface area contributed by atoms with E-state index in [9.17, 15) is 4.79 Å². The smallest absolute Gasteiger partial charge is 0.307 e. The van der Waals surface area contributed by atoms with Gasteiger partial charge in [-0.1, -0.05) is 0 Å². The second kappa shape index (κ2) is 4.43. The van der Waals surface area contributed by atoms with Crippen molar-refractivity contribution in [1.29, 1.82) is 0 Å². The van der Waals surface area contributed by atoms with E-state index in [0.29, 0.717) is 5.76 Å². The highest BCUT2D eigenvalue weighted by atomic mass is 79.9. The molecule has 0 aliphatic heterocycles. The Morgan fingerprint density at radius 1 is 1.85 bits per heavy atom. The van der Waals surface area contributed by atoms with Crippen LogP contribution in [0, 0.1) is 0 Å². The van der Waals surface area contributed by atoms with Crippen LogP contribution >= 0.6 is 15.9 Å². The van der Waals surface area contributed by atoms with Crippen molar-refractivity contribution in [1.82, 2.24) is 0 Å². The first kappa shape index (κ1) is 10.3. The molecular weight excluding hydrogens is 238 g/mol. The van der Waals surface area contributed by atoms with Gasteiger partial charge in [0.25, 0.3) is 0 Å². The van der Waals surface area contributed by atoms with Crippen molar-refractivity contribution >= 4 is 21.9 Å².